The van der Waals surface area contributed by atoms with Crippen LogP contribution in [-0.2, 0) is 16.6 Å². The quantitative estimate of drug-likeness (QED) is 0.0477. The van der Waals surface area contributed by atoms with Crippen LogP contribution in [0.25, 0.3) is 11.1 Å². The number of nitrogens with zero attached hydrogens (tertiary/aromatic N) is 3. The Labute approximate surface area is 344 Å². The van der Waals surface area contributed by atoms with Gasteiger partial charge in [0.25, 0.3) is 21.6 Å². The number of piperidine rings is 1. The van der Waals surface area contributed by atoms with E-state index in [4.69, 9.17) is 11.6 Å². The number of anilines is 2. The summed E-state index contributed by atoms with van der Waals surface area (Å²) in [6.07, 6.45) is 2.58. The van der Waals surface area contributed by atoms with Gasteiger partial charge in [0.05, 0.1) is 9.82 Å². The second-order valence-electron chi connectivity index (χ2n) is 14.3. The SMILES string of the molecule is CN(C)CCC(CSc1ccccc1)Nc1ccc(S(=O)(=O)NC(=O)c2ccc(N3CCC(NCc4ccccc4-c4ccc(Cl)cc4)CC3)cc2)cc1[N+](=O)[O-]. The van der Waals surface area contributed by atoms with E-state index >= 15 is 0 Å². The van der Waals surface area contributed by atoms with E-state index in [9.17, 15) is 23.3 Å². The summed E-state index contributed by atoms with van der Waals surface area (Å²) in [5.74, 6) is -0.184. The second kappa shape index (κ2) is 19.5. The number of rotatable bonds is 17. The minimum atomic E-state index is -4.42. The van der Waals surface area contributed by atoms with Crippen molar-refractivity contribution >= 4 is 56.4 Å². The van der Waals surface area contributed by atoms with Gasteiger partial charge in [0, 0.05) is 64.7 Å². The lowest BCUT2D eigenvalue weighted by atomic mass is 9.98. The highest BCUT2D eigenvalue weighted by molar-refractivity contribution is 7.99. The molecule has 0 aromatic heterocycles. The average molecular weight is 827 g/mol. The average Bonchev–Trinajstić information content (AvgIpc) is 3.22. The van der Waals surface area contributed by atoms with E-state index in [0.29, 0.717) is 23.2 Å². The van der Waals surface area contributed by atoms with Gasteiger partial charge in [-0.15, -0.1) is 11.8 Å². The Kier molecular flexibility index (Phi) is 14.3. The Hall–Kier alpha value is -4.92. The van der Waals surface area contributed by atoms with Crippen LogP contribution < -0.4 is 20.3 Å². The predicted molar refractivity (Wildman–Crippen MR) is 231 cm³/mol. The number of hydrogen-bond donors (Lipinski definition) is 3. The first-order chi connectivity index (χ1) is 27.4. The zero-order valence-electron chi connectivity index (χ0n) is 31.9. The molecule has 5 aromatic rings. The second-order valence-corrected chi connectivity index (χ2v) is 17.5. The lowest BCUT2D eigenvalue weighted by molar-refractivity contribution is -0.384. The van der Waals surface area contributed by atoms with E-state index < -0.39 is 26.5 Å². The van der Waals surface area contributed by atoms with Crippen molar-refractivity contribution in [2.45, 2.75) is 47.7 Å². The number of amides is 1. The summed E-state index contributed by atoms with van der Waals surface area (Å²) in [4.78, 5) is 29.7. The summed E-state index contributed by atoms with van der Waals surface area (Å²) >= 11 is 7.74. The first kappa shape index (κ1) is 41.7. The number of benzene rings is 5. The maximum Gasteiger partial charge on any atom is 0.293 e. The predicted octanol–water partition coefficient (Wildman–Crippen LogP) is 8.32. The summed E-state index contributed by atoms with van der Waals surface area (Å²) in [5.41, 5.74) is 4.43. The smallest absolute Gasteiger partial charge is 0.293 e. The molecule has 0 radical (unpaired) electrons. The van der Waals surface area contributed by atoms with Crippen LogP contribution in [0.1, 0.15) is 35.2 Å². The molecule has 1 heterocycles. The largest absolute Gasteiger partial charge is 0.376 e. The van der Waals surface area contributed by atoms with Gasteiger partial charge in [-0.3, -0.25) is 14.9 Å². The number of halogens is 1. The number of carbonyl (C=O) groups excluding carboxylic acids is 1. The van der Waals surface area contributed by atoms with Gasteiger partial charge >= 0.3 is 0 Å². The summed E-state index contributed by atoms with van der Waals surface area (Å²) in [6.45, 7) is 3.14. The fourth-order valence-corrected chi connectivity index (χ4v) is 8.85. The molecule has 6 rings (SSSR count). The van der Waals surface area contributed by atoms with Crippen LogP contribution in [0.3, 0.4) is 0 Å². The Morgan fingerprint density at radius 2 is 1.61 bits per heavy atom. The molecule has 11 nitrogen and oxygen atoms in total. The first-order valence-corrected chi connectivity index (χ1v) is 21.7. The third-order valence-electron chi connectivity index (χ3n) is 9.93. The molecule has 3 N–H and O–H groups in total. The molecule has 1 saturated heterocycles. The van der Waals surface area contributed by atoms with Crippen LogP contribution in [0.4, 0.5) is 17.1 Å². The van der Waals surface area contributed by atoms with Gasteiger partial charge in [0.2, 0.25) is 0 Å². The molecule has 1 unspecified atom stereocenters. The topological polar surface area (TPSA) is 137 Å². The summed E-state index contributed by atoms with van der Waals surface area (Å²) in [7, 11) is -0.506. The highest BCUT2D eigenvalue weighted by atomic mass is 35.5. The molecule has 0 spiro atoms. The molecule has 0 aliphatic carbocycles. The van der Waals surface area contributed by atoms with Gasteiger partial charge in [0.15, 0.2) is 0 Å². The Bertz CT molecular complexity index is 2240. The molecule has 5 aromatic carbocycles. The molecule has 0 saturated carbocycles. The number of thioether (sulfide) groups is 1. The van der Waals surface area contributed by atoms with Crippen LogP contribution >= 0.6 is 23.4 Å². The maximum absolute atomic E-state index is 13.4. The Balaban J connectivity index is 1.03. The lowest BCUT2D eigenvalue weighted by Crippen LogP contribution is -2.42. The maximum atomic E-state index is 13.4. The van der Waals surface area contributed by atoms with E-state index in [1.165, 1.54) is 23.3 Å². The first-order valence-electron chi connectivity index (χ1n) is 18.8. The minimum Gasteiger partial charge on any atom is -0.376 e. The van der Waals surface area contributed by atoms with Crippen molar-refractivity contribution in [2.24, 2.45) is 0 Å². The van der Waals surface area contributed by atoms with Crippen molar-refractivity contribution < 1.29 is 18.1 Å². The molecular formula is C43H47ClN6O5S2. The minimum absolute atomic E-state index is 0.140. The van der Waals surface area contributed by atoms with E-state index in [2.05, 4.69) is 38.5 Å². The van der Waals surface area contributed by atoms with E-state index in [1.807, 2.05) is 91.8 Å². The van der Waals surface area contributed by atoms with Crippen molar-refractivity contribution in [3.05, 3.63) is 148 Å². The van der Waals surface area contributed by atoms with Crippen LogP contribution in [0.5, 0.6) is 0 Å². The number of nitrogens with one attached hydrogen (secondary N) is 3. The number of carbonyl (C=O) groups is 1. The molecule has 57 heavy (non-hydrogen) atoms. The Morgan fingerprint density at radius 3 is 2.30 bits per heavy atom. The monoisotopic (exact) mass is 826 g/mol. The highest BCUT2D eigenvalue weighted by Gasteiger charge is 2.26. The van der Waals surface area contributed by atoms with Gasteiger partial charge in [-0.1, -0.05) is 66.2 Å². The molecular weight excluding hydrogens is 780 g/mol. The van der Waals surface area contributed by atoms with Crippen molar-refractivity contribution in [2.75, 3.05) is 49.7 Å². The summed E-state index contributed by atoms with van der Waals surface area (Å²) < 4.78 is 28.8. The van der Waals surface area contributed by atoms with E-state index in [-0.39, 0.29) is 22.2 Å². The molecule has 1 amide bonds. The zero-order valence-corrected chi connectivity index (χ0v) is 34.3. The van der Waals surface area contributed by atoms with E-state index in [0.717, 1.165) is 61.2 Å². The lowest BCUT2D eigenvalue weighted by Gasteiger charge is -2.34. The molecule has 0 bridgehead atoms. The van der Waals surface area contributed by atoms with Gasteiger partial charge in [-0.25, -0.2) is 13.1 Å². The third-order valence-corrected chi connectivity index (χ3v) is 12.7. The van der Waals surface area contributed by atoms with Crippen LogP contribution in [0.2, 0.25) is 5.02 Å². The number of hydrogen-bond acceptors (Lipinski definition) is 10. The molecule has 298 valence electrons. The summed E-state index contributed by atoms with van der Waals surface area (Å²) in [5, 5.41) is 19.9. The van der Waals surface area contributed by atoms with Crippen LogP contribution in [0.15, 0.2) is 131 Å². The number of nitro groups is 1. The van der Waals surface area contributed by atoms with Gasteiger partial charge < -0.3 is 20.4 Å². The van der Waals surface area contributed by atoms with Gasteiger partial charge in [-0.2, -0.15) is 0 Å². The molecule has 1 aliphatic rings. The number of sulfonamides is 1. The van der Waals surface area contributed by atoms with Crippen molar-refractivity contribution in [3.8, 4) is 11.1 Å². The van der Waals surface area contributed by atoms with Crippen LogP contribution in [0, 0.1) is 10.1 Å². The molecule has 1 fully saturated rings. The molecule has 1 atom stereocenters. The third kappa shape index (κ3) is 11.6. The van der Waals surface area contributed by atoms with E-state index in [1.54, 1.807) is 23.9 Å². The Morgan fingerprint density at radius 1 is 0.930 bits per heavy atom. The highest BCUT2D eigenvalue weighted by Crippen LogP contribution is 2.31. The standard InChI is InChI=1S/C43H47ClN6O5S2/c1-48(2)25-22-36(30-56-38-9-4-3-5-10-38)46-41-21-20-39(28-42(41)50(52)53)57(54,55)47-43(51)32-14-18-37(19-15-32)49-26-23-35(24-27-49)45-29-33-8-6-7-11-40(33)31-12-16-34(44)17-13-31/h3-21,28,35-36,45-46H,22-27,29-30H2,1-2H3,(H,47,51). The fourth-order valence-electron chi connectivity index (χ4n) is 6.74. The number of nitro benzene ring substituents is 1. The van der Waals surface area contributed by atoms with Crippen molar-refractivity contribution in [1.82, 2.24) is 14.9 Å². The molecule has 1 aliphatic heterocycles. The van der Waals surface area contributed by atoms with Gasteiger partial charge in [-0.05, 0) is 117 Å². The van der Waals surface area contributed by atoms with Crippen molar-refractivity contribution in [1.29, 1.82) is 0 Å². The van der Waals surface area contributed by atoms with Crippen molar-refractivity contribution in [3.63, 3.8) is 0 Å². The normalized spacial score (nSPS) is 14.0. The molecule has 14 heteroatoms. The van der Waals surface area contributed by atoms with Gasteiger partial charge in [0.1, 0.15) is 5.69 Å². The fraction of sp³-hybridized carbons (Fsp3) is 0.279. The van der Waals surface area contributed by atoms with Crippen LogP contribution in [-0.4, -0.2) is 75.7 Å². The zero-order chi connectivity index (χ0) is 40.4. The summed E-state index contributed by atoms with van der Waals surface area (Å²) in [6, 6.07) is 36.8.